The summed E-state index contributed by atoms with van der Waals surface area (Å²) >= 11 is 0. The number of rotatable bonds is 11. The van der Waals surface area contributed by atoms with E-state index in [2.05, 4.69) is 27.1 Å². The number of fused-ring (bicyclic) bond motifs is 1. The molecule has 1 amide bonds. The van der Waals surface area contributed by atoms with Crippen LogP contribution in [0.5, 0.6) is 11.5 Å². The normalized spacial score (nSPS) is 13.5. The lowest BCUT2D eigenvalue weighted by Crippen LogP contribution is -2.37. The molecule has 3 heterocycles. The lowest BCUT2D eigenvalue weighted by molar-refractivity contribution is -0.111. The average molecular weight is 584 g/mol. The maximum Gasteiger partial charge on any atom is 0.258 e. The second-order valence-corrected chi connectivity index (χ2v) is 10.4. The van der Waals surface area contributed by atoms with Gasteiger partial charge in [0.1, 0.15) is 17.3 Å². The lowest BCUT2D eigenvalue weighted by Gasteiger charge is -2.26. The number of carbonyl (C=O) groups excluding carboxylic acids is 1. The number of ether oxygens (including phenoxy) is 3. The van der Waals surface area contributed by atoms with Crippen molar-refractivity contribution < 1.29 is 19.0 Å². The number of nitrogens with one attached hydrogen (secondary N) is 2. The van der Waals surface area contributed by atoms with Crippen molar-refractivity contribution in [1.29, 1.82) is 0 Å². The van der Waals surface area contributed by atoms with Gasteiger partial charge in [-0.3, -0.25) is 14.5 Å². The van der Waals surface area contributed by atoms with E-state index in [-0.39, 0.29) is 11.5 Å². The molecule has 1 aliphatic rings. The standard InChI is InChI=1S/C33H37N5O5/c1-5-31(39)35-28-9-6-8-22(2)32(28)36-30-20-29-24(21-34-30)18-27(23-16-25(41-3)19-26(17-23)42-4)33(40)38(29)11-7-10-37-12-14-43-15-13-37/h5-6,8-9,16-21H,1,7,10-15H2,2-4H3,(H,34,36)(H,35,39). The van der Waals surface area contributed by atoms with Gasteiger partial charge in [0.05, 0.1) is 44.3 Å². The highest BCUT2D eigenvalue weighted by molar-refractivity contribution is 6.02. The average Bonchev–Trinajstić information content (AvgIpc) is 3.03. The van der Waals surface area contributed by atoms with Crippen LogP contribution in [0.3, 0.4) is 0 Å². The molecule has 0 saturated carbocycles. The summed E-state index contributed by atoms with van der Waals surface area (Å²) in [6.07, 6.45) is 3.78. The Morgan fingerprint density at radius 1 is 1.07 bits per heavy atom. The second-order valence-electron chi connectivity index (χ2n) is 10.4. The van der Waals surface area contributed by atoms with E-state index in [1.54, 1.807) is 26.5 Å². The minimum absolute atomic E-state index is 0.114. The summed E-state index contributed by atoms with van der Waals surface area (Å²) in [7, 11) is 3.17. The molecule has 10 heteroatoms. The minimum Gasteiger partial charge on any atom is -0.497 e. The summed E-state index contributed by atoms with van der Waals surface area (Å²) in [5, 5.41) is 7.03. The van der Waals surface area contributed by atoms with Crippen molar-refractivity contribution in [2.24, 2.45) is 0 Å². The van der Waals surface area contributed by atoms with E-state index in [4.69, 9.17) is 14.2 Å². The first kappa shape index (κ1) is 29.8. The predicted molar refractivity (Wildman–Crippen MR) is 170 cm³/mol. The molecule has 43 heavy (non-hydrogen) atoms. The van der Waals surface area contributed by atoms with Crippen LogP contribution in [0.2, 0.25) is 0 Å². The van der Waals surface area contributed by atoms with Crippen molar-refractivity contribution >= 4 is 34.0 Å². The number of hydrogen-bond acceptors (Lipinski definition) is 8. The smallest absolute Gasteiger partial charge is 0.258 e. The molecule has 2 aromatic carbocycles. The maximum absolute atomic E-state index is 14.1. The molecule has 0 atom stereocenters. The molecular formula is C33H37N5O5. The lowest BCUT2D eigenvalue weighted by atomic mass is 10.0. The number of benzene rings is 2. The fourth-order valence-corrected chi connectivity index (χ4v) is 5.26. The number of carbonyl (C=O) groups is 1. The number of hydrogen-bond donors (Lipinski definition) is 2. The fourth-order valence-electron chi connectivity index (χ4n) is 5.26. The molecule has 1 aliphatic heterocycles. The van der Waals surface area contributed by atoms with Crippen molar-refractivity contribution in [2.45, 2.75) is 19.9 Å². The molecule has 1 saturated heterocycles. The Morgan fingerprint density at radius 3 is 2.51 bits per heavy atom. The molecule has 2 N–H and O–H groups in total. The molecule has 0 radical (unpaired) electrons. The van der Waals surface area contributed by atoms with Crippen LogP contribution in [0, 0.1) is 6.92 Å². The quantitative estimate of drug-likeness (QED) is 0.238. The number of aryl methyl sites for hydroxylation is 2. The van der Waals surface area contributed by atoms with Gasteiger partial charge in [0.25, 0.3) is 5.56 Å². The molecule has 0 unspecified atom stereocenters. The van der Waals surface area contributed by atoms with Gasteiger partial charge in [0.2, 0.25) is 5.91 Å². The van der Waals surface area contributed by atoms with E-state index in [9.17, 15) is 9.59 Å². The van der Waals surface area contributed by atoms with Crippen LogP contribution in [0.1, 0.15) is 12.0 Å². The number of amides is 1. The molecule has 0 bridgehead atoms. The summed E-state index contributed by atoms with van der Waals surface area (Å²) in [4.78, 5) is 33.2. The van der Waals surface area contributed by atoms with Crippen LogP contribution < -0.4 is 25.7 Å². The molecule has 0 aliphatic carbocycles. The maximum atomic E-state index is 14.1. The fraction of sp³-hybridized carbons (Fsp3) is 0.303. The first-order valence-corrected chi connectivity index (χ1v) is 14.3. The monoisotopic (exact) mass is 583 g/mol. The zero-order chi connectivity index (χ0) is 30.3. The van der Waals surface area contributed by atoms with Crippen LogP contribution in [0.4, 0.5) is 17.2 Å². The first-order valence-electron chi connectivity index (χ1n) is 14.3. The highest BCUT2D eigenvalue weighted by atomic mass is 16.5. The van der Waals surface area contributed by atoms with Crippen molar-refractivity contribution in [2.75, 3.05) is 57.7 Å². The van der Waals surface area contributed by atoms with Crippen molar-refractivity contribution in [1.82, 2.24) is 14.5 Å². The van der Waals surface area contributed by atoms with Crippen LogP contribution >= 0.6 is 0 Å². The third kappa shape index (κ3) is 6.87. The Balaban J connectivity index is 1.57. The topological polar surface area (TPSA) is 107 Å². The van der Waals surface area contributed by atoms with Gasteiger partial charge >= 0.3 is 0 Å². The molecular weight excluding hydrogens is 546 g/mol. The molecule has 5 rings (SSSR count). The second kappa shape index (κ2) is 13.5. The molecule has 224 valence electrons. The summed E-state index contributed by atoms with van der Waals surface area (Å²) in [6.45, 7) is 10.1. The minimum atomic E-state index is -0.309. The number of nitrogens with zero attached hydrogens (tertiary/aromatic N) is 3. The predicted octanol–water partition coefficient (Wildman–Crippen LogP) is 4.98. The molecule has 0 spiro atoms. The Kier molecular flexibility index (Phi) is 9.38. The third-order valence-corrected chi connectivity index (χ3v) is 7.57. The number of anilines is 3. The zero-order valence-corrected chi connectivity index (χ0v) is 24.8. The van der Waals surface area contributed by atoms with E-state index < -0.39 is 0 Å². The Morgan fingerprint density at radius 2 is 1.81 bits per heavy atom. The summed E-state index contributed by atoms with van der Waals surface area (Å²) in [5.74, 6) is 1.44. The van der Waals surface area contributed by atoms with Crippen molar-refractivity contribution in [3.05, 3.63) is 83.3 Å². The van der Waals surface area contributed by atoms with Crippen molar-refractivity contribution in [3.8, 4) is 22.6 Å². The first-order chi connectivity index (χ1) is 20.9. The van der Waals surface area contributed by atoms with Gasteiger partial charge in [-0.15, -0.1) is 0 Å². The molecule has 1 fully saturated rings. The molecule has 2 aromatic heterocycles. The largest absolute Gasteiger partial charge is 0.497 e. The van der Waals surface area contributed by atoms with E-state index in [0.29, 0.717) is 46.4 Å². The van der Waals surface area contributed by atoms with Crippen LogP contribution in [-0.2, 0) is 16.1 Å². The van der Waals surface area contributed by atoms with Crippen LogP contribution in [0.25, 0.3) is 22.0 Å². The number of aromatic nitrogens is 2. The highest BCUT2D eigenvalue weighted by Crippen LogP contribution is 2.32. The zero-order valence-electron chi connectivity index (χ0n) is 24.8. The molecule has 10 nitrogen and oxygen atoms in total. The number of para-hydroxylation sites is 1. The summed E-state index contributed by atoms with van der Waals surface area (Å²) in [5.41, 5.74) is 4.13. The Labute approximate surface area is 250 Å². The van der Waals surface area contributed by atoms with Gasteiger partial charge in [0.15, 0.2) is 0 Å². The van der Waals surface area contributed by atoms with Gasteiger partial charge in [-0.25, -0.2) is 4.98 Å². The van der Waals surface area contributed by atoms with Gasteiger partial charge in [-0.05, 0) is 54.8 Å². The SMILES string of the molecule is C=CC(=O)Nc1cccc(C)c1Nc1cc2c(cn1)cc(-c1cc(OC)cc(OC)c1)c(=O)n2CCCN1CCOCC1. The van der Waals surface area contributed by atoms with Gasteiger partial charge in [0, 0.05) is 55.5 Å². The molecule has 4 aromatic rings. The number of morpholine rings is 1. The van der Waals surface area contributed by atoms with E-state index >= 15 is 0 Å². The number of pyridine rings is 2. The van der Waals surface area contributed by atoms with Gasteiger partial charge in [-0.2, -0.15) is 0 Å². The van der Waals surface area contributed by atoms with Crippen molar-refractivity contribution in [3.63, 3.8) is 0 Å². The number of methoxy groups -OCH3 is 2. The van der Waals surface area contributed by atoms with Gasteiger partial charge in [-0.1, -0.05) is 18.7 Å². The highest BCUT2D eigenvalue weighted by Gasteiger charge is 2.17. The summed E-state index contributed by atoms with van der Waals surface area (Å²) in [6, 6.07) is 14.8. The van der Waals surface area contributed by atoms with E-state index in [1.807, 2.05) is 54.0 Å². The van der Waals surface area contributed by atoms with E-state index in [1.165, 1.54) is 6.08 Å². The Hall–Kier alpha value is -4.67. The third-order valence-electron chi connectivity index (χ3n) is 7.57. The van der Waals surface area contributed by atoms with E-state index in [0.717, 1.165) is 55.7 Å². The van der Waals surface area contributed by atoms with Crippen LogP contribution in [0.15, 0.2) is 72.2 Å². The summed E-state index contributed by atoms with van der Waals surface area (Å²) < 4.78 is 18.3. The van der Waals surface area contributed by atoms with Gasteiger partial charge < -0.3 is 29.4 Å². The van der Waals surface area contributed by atoms with Crippen LogP contribution in [-0.4, -0.2) is 67.4 Å². The Bertz CT molecular complexity index is 1670.